The van der Waals surface area contributed by atoms with Crippen molar-refractivity contribution in [2.75, 3.05) is 23.9 Å². The number of carbonyl (C=O) groups excluding carboxylic acids is 4. The maximum atomic E-state index is 12.9. The predicted molar refractivity (Wildman–Crippen MR) is 122 cm³/mol. The highest BCUT2D eigenvalue weighted by Gasteiger charge is 2.42. The molecule has 9 heteroatoms. The number of thioether (sulfide) groups is 1. The van der Waals surface area contributed by atoms with E-state index in [0.29, 0.717) is 22.0 Å². The molecule has 4 amide bonds. The van der Waals surface area contributed by atoms with Gasteiger partial charge in [0, 0.05) is 10.7 Å². The quantitative estimate of drug-likeness (QED) is 0.591. The molecule has 0 unspecified atom stereocenters. The van der Waals surface area contributed by atoms with E-state index in [1.54, 1.807) is 49.4 Å². The number of hydrogen-bond acceptors (Lipinski definition) is 5. The van der Waals surface area contributed by atoms with Gasteiger partial charge in [0.05, 0.1) is 17.7 Å². The number of hydrogen-bond donors (Lipinski definition) is 2. The molecule has 0 fully saturated rings. The van der Waals surface area contributed by atoms with Crippen molar-refractivity contribution in [3.8, 4) is 0 Å². The number of carbonyl (C=O) groups is 4. The van der Waals surface area contributed by atoms with E-state index in [1.165, 1.54) is 11.8 Å². The molecule has 2 aromatic rings. The first-order chi connectivity index (χ1) is 14.8. The number of nitrogens with zero attached hydrogens (tertiary/aromatic N) is 1. The van der Waals surface area contributed by atoms with E-state index in [2.05, 4.69) is 10.6 Å². The van der Waals surface area contributed by atoms with Gasteiger partial charge in [-0.15, -0.1) is 0 Å². The van der Waals surface area contributed by atoms with E-state index in [-0.39, 0.29) is 24.1 Å². The molecule has 0 spiro atoms. The van der Waals surface area contributed by atoms with Crippen LogP contribution in [-0.4, -0.2) is 53.1 Å². The van der Waals surface area contributed by atoms with Gasteiger partial charge in [-0.2, -0.15) is 11.8 Å². The van der Waals surface area contributed by atoms with Gasteiger partial charge in [0.2, 0.25) is 11.8 Å². The molecule has 0 saturated carbocycles. The molecule has 2 aromatic carbocycles. The van der Waals surface area contributed by atoms with E-state index >= 15 is 0 Å². The molecule has 162 valence electrons. The minimum Gasteiger partial charge on any atom is -0.345 e. The monoisotopic (exact) mass is 459 g/mol. The van der Waals surface area contributed by atoms with Crippen LogP contribution in [0.25, 0.3) is 0 Å². The van der Waals surface area contributed by atoms with Crippen molar-refractivity contribution in [3.63, 3.8) is 0 Å². The fourth-order valence-electron chi connectivity index (χ4n) is 3.32. The van der Waals surface area contributed by atoms with Crippen molar-refractivity contribution < 1.29 is 19.2 Å². The van der Waals surface area contributed by atoms with E-state index in [1.807, 2.05) is 6.26 Å². The van der Waals surface area contributed by atoms with Crippen LogP contribution in [0.15, 0.2) is 42.5 Å². The van der Waals surface area contributed by atoms with Crippen molar-refractivity contribution in [1.82, 2.24) is 10.2 Å². The number of benzene rings is 2. The second-order valence-corrected chi connectivity index (χ2v) is 8.39. The van der Waals surface area contributed by atoms with Gasteiger partial charge in [-0.05, 0) is 55.2 Å². The first-order valence-electron chi connectivity index (χ1n) is 9.63. The molecule has 1 atom stereocenters. The zero-order valence-electron chi connectivity index (χ0n) is 17.1. The SMILES string of the molecule is CSCC[C@@H](C(=O)NCC(=O)Nc1cccc(Cl)c1C)N1C(=O)c2ccccc2C1=O. The van der Waals surface area contributed by atoms with Crippen LogP contribution in [0.1, 0.15) is 32.7 Å². The first-order valence-corrected chi connectivity index (χ1v) is 11.4. The molecule has 0 aromatic heterocycles. The summed E-state index contributed by atoms with van der Waals surface area (Å²) in [5.74, 6) is -1.42. The fourth-order valence-corrected chi connectivity index (χ4v) is 3.95. The van der Waals surface area contributed by atoms with Gasteiger partial charge < -0.3 is 10.6 Å². The van der Waals surface area contributed by atoms with E-state index in [4.69, 9.17) is 11.6 Å². The summed E-state index contributed by atoms with van der Waals surface area (Å²) < 4.78 is 0. The Hall–Kier alpha value is -2.84. The molecule has 0 saturated heterocycles. The molecular formula is C22H22ClN3O4S. The Kier molecular flexibility index (Phi) is 7.35. The lowest BCUT2D eigenvalue weighted by Gasteiger charge is -2.25. The maximum Gasteiger partial charge on any atom is 0.262 e. The molecule has 0 aliphatic carbocycles. The smallest absolute Gasteiger partial charge is 0.262 e. The second kappa shape index (κ2) is 9.98. The van der Waals surface area contributed by atoms with Gasteiger partial charge >= 0.3 is 0 Å². The third-order valence-corrected chi connectivity index (χ3v) is 6.05. The topological polar surface area (TPSA) is 95.6 Å². The molecule has 1 heterocycles. The summed E-state index contributed by atoms with van der Waals surface area (Å²) in [5.41, 5.74) is 1.82. The molecule has 1 aliphatic heterocycles. The molecular weight excluding hydrogens is 438 g/mol. The second-order valence-electron chi connectivity index (χ2n) is 7.00. The Balaban J connectivity index is 1.69. The van der Waals surface area contributed by atoms with Gasteiger partial charge in [0.15, 0.2) is 0 Å². The van der Waals surface area contributed by atoms with Crippen LogP contribution in [0.2, 0.25) is 5.02 Å². The summed E-state index contributed by atoms with van der Waals surface area (Å²) in [6.07, 6.45) is 2.16. The van der Waals surface area contributed by atoms with E-state index < -0.39 is 29.7 Å². The molecule has 31 heavy (non-hydrogen) atoms. The molecule has 0 radical (unpaired) electrons. The fraction of sp³-hybridized carbons (Fsp3) is 0.273. The summed E-state index contributed by atoms with van der Waals surface area (Å²) in [7, 11) is 0. The van der Waals surface area contributed by atoms with Crippen LogP contribution in [-0.2, 0) is 9.59 Å². The number of halogens is 1. The first kappa shape index (κ1) is 22.8. The summed E-state index contributed by atoms with van der Waals surface area (Å²) in [6.45, 7) is 1.47. The number of rotatable bonds is 8. The van der Waals surface area contributed by atoms with Crippen LogP contribution in [0.4, 0.5) is 5.69 Å². The van der Waals surface area contributed by atoms with Gasteiger partial charge in [0.1, 0.15) is 6.04 Å². The Bertz CT molecular complexity index is 1010. The van der Waals surface area contributed by atoms with Gasteiger partial charge in [-0.3, -0.25) is 24.1 Å². The minimum atomic E-state index is -0.999. The van der Waals surface area contributed by atoms with Gasteiger partial charge in [-0.25, -0.2) is 0 Å². The van der Waals surface area contributed by atoms with Crippen molar-refractivity contribution in [3.05, 3.63) is 64.2 Å². The lowest BCUT2D eigenvalue weighted by Crippen LogP contribution is -2.51. The highest BCUT2D eigenvalue weighted by molar-refractivity contribution is 7.98. The van der Waals surface area contributed by atoms with E-state index in [0.717, 1.165) is 4.90 Å². The largest absolute Gasteiger partial charge is 0.345 e. The lowest BCUT2D eigenvalue weighted by molar-refractivity contribution is -0.127. The molecule has 7 nitrogen and oxygen atoms in total. The maximum absolute atomic E-state index is 12.9. The zero-order chi connectivity index (χ0) is 22.5. The van der Waals surface area contributed by atoms with Gasteiger partial charge in [0.25, 0.3) is 11.8 Å². The standard InChI is InChI=1S/C22H22ClN3O4S/c1-13-16(23)8-5-9-17(13)25-19(27)12-24-20(28)18(10-11-31-2)26-21(29)14-6-3-4-7-15(14)22(26)30/h3-9,18H,10-12H2,1-2H3,(H,24,28)(H,25,27)/t18-/m0/s1. The number of anilines is 1. The van der Waals surface area contributed by atoms with Crippen molar-refractivity contribution in [2.24, 2.45) is 0 Å². The van der Waals surface area contributed by atoms with E-state index in [9.17, 15) is 19.2 Å². The normalized spacial score (nSPS) is 13.7. The molecule has 2 N–H and O–H groups in total. The summed E-state index contributed by atoms with van der Waals surface area (Å²) >= 11 is 7.56. The number of nitrogens with one attached hydrogen (secondary N) is 2. The third kappa shape index (κ3) is 4.91. The van der Waals surface area contributed by atoms with Crippen LogP contribution < -0.4 is 10.6 Å². The Morgan fingerprint density at radius 2 is 1.71 bits per heavy atom. The van der Waals surface area contributed by atoms with Gasteiger partial charge in [-0.1, -0.05) is 29.8 Å². The molecule has 1 aliphatic rings. The van der Waals surface area contributed by atoms with Crippen molar-refractivity contribution >= 4 is 52.7 Å². The van der Waals surface area contributed by atoms with Crippen molar-refractivity contribution in [1.29, 1.82) is 0 Å². The van der Waals surface area contributed by atoms with Crippen LogP contribution in [0, 0.1) is 6.92 Å². The summed E-state index contributed by atoms with van der Waals surface area (Å²) in [4.78, 5) is 51.8. The number of imide groups is 1. The van der Waals surface area contributed by atoms with Crippen LogP contribution in [0.5, 0.6) is 0 Å². The Morgan fingerprint density at radius 1 is 1.06 bits per heavy atom. The average molecular weight is 460 g/mol. The summed E-state index contributed by atoms with van der Waals surface area (Å²) in [6, 6.07) is 10.6. The van der Waals surface area contributed by atoms with Crippen LogP contribution in [0.3, 0.4) is 0 Å². The zero-order valence-corrected chi connectivity index (χ0v) is 18.7. The molecule has 3 rings (SSSR count). The lowest BCUT2D eigenvalue weighted by atomic mass is 10.1. The average Bonchev–Trinajstić information content (AvgIpc) is 3.01. The Labute approximate surface area is 189 Å². The predicted octanol–water partition coefficient (Wildman–Crippen LogP) is 3.12. The summed E-state index contributed by atoms with van der Waals surface area (Å²) in [5, 5.41) is 5.77. The number of fused-ring (bicyclic) bond motifs is 1. The highest BCUT2D eigenvalue weighted by Crippen LogP contribution is 2.26. The minimum absolute atomic E-state index is 0.281. The number of amides is 4. The van der Waals surface area contributed by atoms with Crippen LogP contribution >= 0.6 is 23.4 Å². The third-order valence-electron chi connectivity index (χ3n) is 5.00. The Morgan fingerprint density at radius 3 is 2.32 bits per heavy atom. The highest BCUT2D eigenvalue weighted by atomic mass is 35.5. The molecule has 0 bridgehead atoms. The van der Waals surface area contributed by atoms with Crippen molar-refractivity contribution in [2.45, 2.75) is 19.4 Å².